The number of aliphatic hydroxyl groups excluding tert-OH is 2. The first-order valence-corrected chi connectivity index (χ1v) is 7.66. The fourth-order valence-electron chi connectivity index (χ4n) is 2.41. The van der Waals surface area contributed by atoms with E-state index in [1.807, 2.05) is 18.2 Å². The molecular formula is C16H24N2O4. The molecule has 6 heteroatoms. The Morgan fingerprint density at radius 3 is 2.59 bits per heavy atom. The molecule has 2 rings (SSSR count). The third kappa shape index (κ3) is 4.98. The molecule has 2 N–H and O–H groups in total. The van der Waals surface area contributed by atoms with Gasteiger partial charge in [0, 0.05) is 32.7 Å². The maximum Gasteiger partial charge on any atom is 0.415 e. The van der Waals surface area contributed by atoms with Gasteiger partial charge in [-0.1, -0.05) is 18.2 Å². The summed E-state index contributed by atoms with van der Waals surface area (Å²) in [5.74, 6) is 0.540. The van der Waals surface area contributed by atoms with Crippen LogP contribution in [-0.4, -0.2) is 71.0 Å². The van der Waals surface area contributed by atoms with Crippen LogP contribution in [-0.2, 0) is 0 Å². The van der Waals surface area contributed by atoms with Crippen molar-refractivity contribution >= 4 is 6.09 Å². The van der Waals surface area contributed by atoms with Crippen LogP contribution in [0.1, 0.15) is 13.3 Å². The number of carbonyl (C=O) groups excluding carboxylic acids is 1. The number of nitrogens with zero attached hydrogens (tertiary/aromatic N) is 2. The van der Waals surface area contributed by atoms with Gasteiger partial charge in [0.25, 0.3) is 0 Å². The summed E-state index contributed by atoms with van der Waals surface area (Å²) in [5, 5.41) is 19.1. The number of aliphatic hydroxyl groups is 2. The summed E-state index contributed by atoms with van der Waals surface area (Å²) in [5.41, 5.74) is 0. The Kier molecular flexibility index (Phi) is 6.18. The highest BCUT2D eigenvalue weighted by Gasteiger charge is 2.23. The largest absolute Gasteiger partial charge is 0.415 e. The summed E-state index contributed by atoms with van der Waals surface area (Å²) in [6, 6.07) is 9.02. The topological polar surface area (TPSA) is 73.2 Å². The second kappa shape index (κ2) is 8.12. The number of benzene rings is 1. The van der Waals surface area contributed by atoms with Gasteiger partial charge in [0.1, 0.15) is 5.75 Å². The van der Waals surface area contributed by atoms with Gasteiger partial charge in [-0.15, -0.1) is 0 Å². The van der Waals surface area contributed by atoms with Crippen molar-refractivity contribution in [1.82, 2.24) is 9.80 Å². The van der Waals surface area contributed by atoms with Crippen molar-refractivity contribution in [3.63, 3.8) is 0 Å². The van der Waals surface area contributed by atoms with Gasteiger partial charge in [-0.3, -0.25) is 4.90 Å². The Morgan fingerprint density at radius 2 is 1.91 bits per heavy atom. The van der Waals surface area contributed by atoms with E-state index in [1.54, 1.807) is 24.0 Å². The van der Waals surface area contributed by atoms with Crippen LogP contribution >= 0.6 is 0 Å². The predicted octanol–water partition coefficient (Wildman–Crippen LogP) is 0.935. The summed E-state index contributed by atoms with van der Waals surface area (Å²) in [6.07, 6.45) is -1.04. The highest BCUT2D eigenvalue weighted by atomic mass is 16.6. The number of ether oxygens (including phenoxy) is 1. The maximum absolute atomic E-state index is 12.2. The van der Waals surface area contributed by atoms with Gasteiger partial charge >= 0.3 is 6.09 Å². The molecule has 1 aromatic carbocycles. The lowest BCUT2D eigenvalue weighted by Crippen LogP contribution is -2.41. The number of para-hydroxylation sites is 1. The minimum absolute atomic E-state index is 0.343. The first-order chi connectivity index (χ1) is 10.6. The lowest BCUT2D eigenvalue weighted by Gasteiger charge is -2.24. The van der Waals surface area contributed by atoms with E-state index in [9.17, 15) is 15.0 Å². The van der Waals surface area contributed by atoms with Crippen LogP contribution in [0.3, 0.4) is 0 Å². The zero-order chi connectivity index (χ0) is 15.9. The average Bonchev–Trinajstić information content (AvgIpc) is 2.74. The number of hydrogen-bond acceptors (Lipinski definition) is 5. The fraction of sp³-hybridized carbons (Fsp3) is 0.562. The molecule has 1 aliphatic rings. The van der Waals surface area contributed by atoms with Crippen molar-refractivity contribution < 1.29 is 19.7 Å². The first-order valence-electron chi connectivity index (χ1n) is 7.66. The molecule has 22 heavy (non-hydrogen) atoms. The normalized spacial score (nSPS) is 19.3. The molecule has 0 bridgehead atoms. The zero-order valence-corrected chi connectivity index (χ0v) is 12.9. The summed E-state index contributed by atoms with van der Waals surface area (Å²) >= 11 is 0. The minimum Gasteiger partial charge on any atom is -0.410 e. The van der Waals surface area contributed by atoms with Gasteiger partial charge in [-0.25, -0.2) is 4.79 Å². The predicted molar refractivity (Wildman–Crippen MR) is 82.8 cm³/mol. The molecule has 122 valence electrons. The molecule has 0 aliphatic carbocycles. The Labute approximate surface area is 130 Å². The van der Waals surface area contributed by atoms with Crippen LogP contribution in [0.5, 0.6) is 5.75 Å². The highest BCUT2D eigenvalue weighted by Crippen LogP contribution is 2.12. The summed E-state index contributed by atoms with van der Waals surface area (Å²) in [6.45, 7) is 4.63. The molecule has 1 amide bonds. The second-order valence-electron chi connectivity index (χ2n) is 5.63. The maximum atomic E-state index is 12.2. The first kappa shape index (κ1) is 16.7. The van der Waals surface area contributed by atoms with Gasteiger partial charge in [0.05, 0.1) is 12.2 Å². The third-order valence-corrected chi connectivity index (χ3v) is 3.80. The van der Waals surface area contributed by atoms with Gasteiger partial charge in [-0.2, -0.15) is 0 Å². The summed E-state index contributed by atoms with van der Waals surface area (Å²) in [4.78, 5) is 15.9. The van der Waals surface area contributed by atoms with Crippen molar-refractivity contribution in [2.24, 2.45) is 0 Å². The molecule has 1 fully saturated rings. The number of amides is 1. The Balaban J connectivity index is 1.83. The quantitative estimate of drug-likeness (QED) is 0.866. The van der Waals surface area contributed by atoms with Crippen LogP contribution in [0.15, 0.2) is 30.3 Å². The molecule has 0 saturated carbocycles. The van der Waals surface area contributed by atoms with Crippen LogP contribution < -0.4 is 4.74 Å². The van der Waals surface area contributed by atoms with Crippen molar-refractivity contribution in [3.05, 3.63) is 30.3 Å². The SMILES string of the molecule is C[C@@H](O)[C@H](O)CN1CCCN(C(=O)Oc2ccccc2)CC1. The number of rotatable bonds is 4. The average molecular weight is 308 g/mol. The Hall–Kier alpha value is -1.63. The second-order valence-corrected chi connectivity index (χ2v) is 5.63. The fourth-order valence-corrected chi connectivity index (χ4v) is 2.41. The molecule has 0 radical (unpaired) electrons. The monoisotopic (exact) mass is 308 g/mol. The molecule has 0 unspecified atom stereocenters. The van der Waals surface area contributed by atoms with E-state index >= 15 is 0 Å². The van der Waals surface area contributed by atoms with Crippen LogP contribution in [0.4, 0.5) is 4.79 Å². The molecule has 0 spiro atoms. The Bertz CT molecular complexity index is 466. The van der Waals surface area contributed by atoms with Gasteiger partial charge in [0.2, 0.25) is 0 Å². The smallest absolute Gasteiger partial charge is 0.410 e. The number of β-amino-alcohol motifs (C(OH)–C–C–N with tert-alkyl or cyclic N) is 1. The van der Waals surface area contributed by atoms with Gasteiger partial charge < -0.3 is 19.8 Å². The molecular weight excluding hydrogens is 284 g/mol. The van der Waals surface area contributed by atoms with Gasteiger partial charge in [0.15, 0.2) is 0 Å². The molecule has 1 saturated heterocycles. The van der Waals surface area contributed by atoms with Crippen molar-refractivity contribution in [2.45, 2.75) is 25.6 Å². The van der Waals surface area contributed by atoms with E-state index in [-0.39, 0.29) is 6.09 Å². The van der Waals surface area contributed by atoms with Crippen molar-refractivity contribution in [1.29, 1.82) is 0 Å². The van der Waals surface area contributed by atoms with Crippen LogP contribution in [0, 0.1) is 0 Å². The van der Waals surface area contributed by atoms with E-state index in [4.69, 9.17) is 4.74 Å². The summed E-state index contributed by atoms with van der Waals surface area (Å²) < 4.78 is 5.34. The number of hydrogen-bond donors (Lipinski definition) is 2. The number of carbonyl (C=O) groups is 1. The highest BCUT2D eigenvalue weighted by molar-refractivity contribution is 5.70. The van der Waals surface area contributed by atoms with E-state index in [0.29, 0.717) is 31.9 Å². The van der Waals surface area contributed by atoms with Crippen LogP contribution in [0.25, 0.3) is 0 Å². The van der Waals surface area contributed by atoms with Crippen LogP contribution in [0.2, 0.25) is 0 Å². The molecule has 1 aliphatic heterocycles. The van der Waals surface area contributed by atoms with E-state index in [0.717, 1.165) is 13.0 Å². The van der Waals surface area contributed by atoms with E-state index in [2.05, 4.69) is 4.90 Å². The lowest BCUT2D eigenvalue weighted by molar-refractivity contribution is 0.00845. The van der Waals surface area contributed by atoms with Crippen molar-refractivity contribution in [3.8, 4) is 5.75 Å². The van der Waals surface area contributed by atoms with Crippen molar-refractivity contribution in [2.75, 3.05) is 32.7 Å². The molecule has 1 aromatic rings. The Morgan fingerprint density at radius 1 is 1.18 bits per heavy atom. The summed E-state index contributed by atoms with van der Waals surface area (Å²) in [7, 11) is 0. The van der Waals surface area contributed by atoms with E-state index < -0.39 is 12.2 Å². The standard InChI is InChI=1S/C16H24N2O4/c1-13(19)15(20)12-17-8-5-9-18(11-10-17)16(21)22-14-6-3-2-4-7-14/h2-4,6-7,13,15,19-20H,5,8-12H2,1H3/t13-,15-/m1/s1. The zero-order valence-electron chi connectivity index (χ0n) is 12.9. The van der Waals surface area contributed by atoms with E-state index in [1.165, 1.54) is 0 Å². The lowest BCUT2D eigenvalue weighted by atomic mass is 10.2. The third-order valence-electron chi connectivity index (χ3n) is 3.80. The minimum atomic E-state index is -0.761. The molecule has 2 atom stereocenters. The molecule has 0 aromatic heterocycles. The molecule has 6 nitrogen and oxygen atoms in total. The van der Waals surface area contributed by atoms with Gasteiger partial charge in [-0.05, 0) is 25.5 Å². The molecule has 1 heterocycles.